The Morgan fingerprint density at radius 1 is 1.29 bits per heavy atom. The summed E-state index contributed by atoms with van der Waals surface area (Å²) < 4.78 is 11.0. The van der Waals surface area contributed by atoms with Crippen molar-refractivity contribution in [1.82, 2.24) is 0 Å². The Balaban J connectivity index is 2.54. The lowest BCUT2D eigenvalue weighted by atomic mass is 10.1. The molecule has 2 N–H and O–H groups in total. The molecule has 0 saturated carbocycles. The molecule has 17 heavy (non-hydrogen) atoms. The van der Waals surface area contributed by atoms with Crippen LogP contribution >= 0.6 is 0 Å². The van der Waals surface area contributed by atoms with E-state index < -0.39 is 0 Å². The Bertz CT molecular complexity index is 328. The number of rotatable bonds is 7. The van der Waals surface area contributed by atoms with Gasteiger partial charge in [0.25, 0.3) is 0 Å². The zero-order valence-electron chi connectivity index (χ0n) is 11.0. The van der Waals surface area contributed by atoms with Gasteiger partial charge in [-0.3, -0.25) is 0 Å². The molecule has 0 aliphatic heterocycles. The first-order chi connectivity index (χ1) is 8.19. The SMILES string of the molecule is CCCC(C)OCC(N)c1ccccc1OC. The lowest BCUT2D eigenvalue weighted by molar-refractivity contribution is 0.0500. The summed E-state index contributed by atoms with van der Waals surface area (Å²) in [5.41, 5.74) is 7.11. The van der Waals surface area contributed by atoms with Gasteiger partial charge in [-0.05, 0) is 19.4 Å². The van der Waals surface area contributed by atoms with E-state index in [0.29, 0.717) is 6.61 Å². The molecule has 0 amide bonds. The van der Waals surface area contributed by atoms with E-state index in [0.717, 1.165) is 24.2 Å². The van der Waals surface area contributed by atoms with E-state index in [-0.39, 0.29) is 12.1 Å². The minimum Gasteiger partial charge on any atom is -0.496 e. The summed E-state index contributed by atoms with van der Waals surface area (Å²) >= 11 is 0. The number of ether oxygens (including phenoxy) is 2. The molecule has 2 atom stereocenters. The molecular formula is C14H23NO2. The van der Waals surface area contributed by atoms with Crippen LogP contribution in [0.1, 0.15) is 38.3 Å². The van der Waals surface area contributed by atoms with Gasteiger partial charge in [0, 0.05) is 5.56 Å². The molecule has 0 bridgehead atoms. The van der Waals surface area contributed by atoms with Crippen LogP contribution in [0.5, 0.6) is 5.75 Å². The highest BCUT2D eigenvalue weighted by Gasteiger charge is 2.12. The van der Waals surface area contributed by atoms with Crippen molar-refractivity contribution in [2.24, 2.45) is 5.73 Å². The maximum absolute atomic E-state index is 6.11. The maximum Gasteiger partial charge on any atom is 0.123 e. The molecule has 1 rings (SSSR count). The third kappa shape index (κ3) is 4.36. The number of nitrogens with two attached hydrogens (primary N) is 1. The van der Waals surface area contributed by atoms with Crippen molar-refractivity contribution in [1.29, 1.82) is 0 Å². The van der Waals surface area contributed by atoms with Gasteiger partial charge in [0.1, 0.15) is 5.75 Å². The summed E-state index contributed by atoms with van der Waals surface area (Å²) in [5.74, 6) is 0.826. The molecule has 0 saturated heterocycles. The smallest absolute Gasteiger partial charge is 0.123 e. The van der Waals surface area contributed by atoms with Crippen LogP contribution < -0.4 is 10.5 Å². The van der Waals surface area contributed by atoms with Crippen molar-refractivity contribution < 1.29 is 9.47 Å². The van der Waals surface area contributed by atoms with E-state index in [1.807, 2.05) is 24.3 Å². The lowest BCUT2D eigenvalue weighted by Gasteiger charge is -2.18. The second kappa shape index (κ2) is 7.30. The van der Waals surface area contributed by atoms with Crippen LogP contribution in [0.15, 0.2) is 24.3 Å². The van der Waals surface area contributed by atoms with Gasteiger partial charge in [0.15, 0.2) is 0 Å². The van der Waals surface area contributed by atoms with Crippen LogP contribution in [-0.4, -0.2) is 19.8 Å². The number of benzene rings is 1. The summed E-state index contributed by atoms with van der Waals surface area (Å²) in [5, 5.41) is 0. The van der Waals surface area contributed by atoms with Gasteiger partial charge < -0.3 is 15.2 Å². The molecule has 0 aliphatic rings. The third-order valence-electron chi connectivity index (χ3n) is 2.79. The topological polar surface area (TPSA) is 44.5 Å². The second-order valence-corrected chi connectivity index (χ2v) is 4.28. The fraction of sp³-hybridized carbons (Fsp3) is 0.571. The first-order valence-corrected chi connectivity index (χ1v) is 6.19. The van der Waals surface area contributed by atoms with Crippen molar-refractivity contribution in [3.63, 3.8) is 0 Å². The molecule has 3 nitrogen and oxygen atoms in total. The predicted molar refractivity (Wildman–Crippen MR) is 70.2 cm³/mol. The summed E-state index contributed by atoms with van der Waals surface area (Å²) in [6.07, 6.45) is 2.46. The van der Waals surface area contributed by atoms with Crippen LogP contribution in [0.2, 0.25) is 0 Å². The molecule has 1 aromatic carbocycles. The quantitative estimate of drug-likeness (QED) is 0.793. The summed E-state index contributed by atoms with van der Waals surface area (Å²) in [4.78, 5) is 0. The molecule has 0 heterocycles. The number of methoxy groups -OCH3 is 1. The van der Waals surface area contributed by atoms with E-state index in [1.165, 1.54) is 0 Å². The van der Waals surface area contributed by atoms with E-state index in [1.54, 1.807) is 7.11 Å². The molecule has 1 aromatic rings. The molecule has 0 fully saturated rings. The van der Waals surface area contributed by atoms with Crippen molar-refractivity contribution >= 4 is 0 Å². The Morgan fingerprint density at radius 3 is 2.65 bits per heavy atom. The van der Waals surface area contributed by atoms with Crippen molar-refractivity contribution in [2.75, 3.05) is 13.7 Å². The van der Waals surface area contributed by atoms with Crippen molar-refractivity contribution in [3.05, 3.63) is 29.8 Å². The van der Waals surface area contributed by atoms with Crippen LogP contribution in [0.3, 0.4) is 0 Å². The van der Waals surface area contributed by atoms with Crippen LogP contribution in [0.4, 0.5) is 0 Å². The van der Waals surface area contributed by atoms with Gasteiger partial charge in [-0.2, -0.15) is 0 Å². The zero-order chi connectivity index (χ0) is 12.7. The van der Waals surface area contributed by atoms with Gasteiger partial charge in [0.2, 0.25) is 0 Å². The average Bonchev–Trinajstić information content (AvgIpc) is 2.36. The molecule has 3 heteroatoms. The third-order valence-corrected chi connectivity index (χ3v) is 2.79. The lowest BCUT2D eigenvalue weighted by Crippen LogP contribution is -2.21. The van der Waals surface area contributed by atoms with Gasteiger partial charge in [-0.25, -0.2) is 0 Å². The molecule has 0 radical (unpaired) electrons. The largest absolute Gasteiger partial charge is 0.496 e. The molecular weight excluding hydrogens is 214 g/mol. The highest BCUT2D eigenvalue weighted by atomic mass is 16.5. The van der Waals surface area contributed by atoms with E-state index in [2.05, 4.69) is 13.8 Å². The molecule has 0 aliphatic carbocycles. The fourth-order valence-electron chi connectivity index (χ4n) is 1.82. The fourth-order valence-corrected chi connectivity index (χ4v) is 1.82. The van der Waals surface area contributed by atoms with Gasteiger partial charge in [-0.15, -0.1) is 0 Å². The highest BCUT2D eigenvalue weighted by Crippen LogP contribution is 2.23. The number of para-hydroxylation sites is 1. The monoisotopic (exact) mass is 237 g/mol. The number of hydrogen-bond donors (Lipinski definition) is 1. The van der Waals surface area contributed by atoms with E-state index in [4.69, 9.17) is 15.2 Å². The van der Waals surface area contributed by atoms with E-state index in [9.17, 15) is 0 Å². The van der Waals surface area contributed by atoms with Crippen molar-refractivity contribution in [2.45, 2.75) is 38.8 Å². The van der Waals surface area contributed by atoms with Gasteiger partial charge in [0.05, 0.1) is 25.9 Å². The highest BCUT2D eigenvalue weighted by molar-refractivity contribution is 5.35. The predicted octanol–water partition coefficient (Wildman–Crippen LogP) is 2.90. The van der Waals surface area contributed by atoms with Gasteiger partial charge >= 0.3 is 0 Å². The Kier molecular flexibility index (Phi) is 6.01. The molecule has 0 spiro atoms. The minimum absolute atomic E-state index is 0.134. The Morgan fingerprint density at radius 2 is 2.00 bits per heavy atom. The summed E-state index contributed by atoms with van der Waals surface area (Å²) in [6, 6.07) is 7.68. The van der Waals surface area contributed by atoms with Crippen LogP contribution in [0, 0.1) is 0 Å². The summed E-state index contributed by atoms with van der Waals surface area (Å²) in [7, 11) is 1.66. The van der Waals surface area contributed by atoms with Gasteiger partial charge in [-0.1, -0.05) is 31.5 Å². The number of hydrogen-bond acceptors (Lipinski definition) is 3. The average molecular weight is 237 g/mol. The summed E-state index contributed by atoms with van der Waals surface area (Å²) in [6.45, 7) is 4.76. The molecule has 2 unspecified atom stereocenters. The maximum atomic E-state index is 6.11. The van der Waals surface area contributed by atoms with Crippen LogP contribution in [-0.2, 0) is 4.74 Å². The van der Waals surface area contributed by atoms with Crippen LogP contribution in [0.25, 0.3) is 0 Å². The minimum atomic E-state index is -0.134. The standard InChI is InChI=1S/C14H23NO2/c1-4-7-11(2)17-10-13(15)12-8-5-6-9-14(12)16-3/h5-6,8-9,11,13H,4,7,10,15H2,1-3H3. The molecule has 96 valence electrons. The Labute approximate surface area is 104 Å². The Hall–Kier alpha value is -1.06. The van der Waals surface area contributed by atoms with Crippen molar-refractivity contribution in [3.8, 4) is 5.75 Å². The first-order valence-electron chi connectivity index (χ1n) is 6.19. The first kappa shape index (κ1) is 14.0. The second-order valence-electron chi connectivity index (χ2n) is 4.28. The van der Waals surface area contributed by atoms with E-state index >= 15 is 0 Å². The molecule has 0 aromatic heterocycles. The normalized spacial score (nSPS) is 14.4. The zero-order valence-corrected chi connectivity index (χ0v) is 11.0.